The largest absolute Gasteiger partial charge is 0.491 e. The molecule has 0 saturated carbocycles. The third-order valence-corrected chi connectivity index (χ3v) is 4.68. The average Bonchev–Trinajstić information content (AvgIpc) is 2.71. The van der Waals surface area contributed by atoms with E-state index in [0.29, 0.717) is 5.92 Å². The summed E-state index contributed by atoms with van der Waals surface area (Å²) < 4.78 is 16.8. The van der Waals surface area contributed by atoms with Crippen LogP contribution >= 0.6 is 0 Å². The zero-order valence-electron chi connectivity index (χ0n) is 17.7. The summed E-state index contributed by atoms with van der Waals surface area (Å²) in [5.74, 6) is 2.43. The average molecular weight is 392 g/mol. The number of benzene rings is 1. The number of guanidine groups is 1. The van der Waals surface area contributed by atoms with Crippen LogP contribution in [0.25, 0.3) is 0 Å². The van der Waals surface area contributed by atoms with E-state index in [1.54, 1.807) is 7.05 Å². The Kier molecular flexibility index (Phi) is 10.8. The third kappa shape index (κ3) is 9.42. The first kappa shape index (κ1) is 22.5. The minimum absolute atomic E-state index is 0.203. The standard InChI is InChI=1S/C22H37N3O3/c1-18(2)28-21-7-5-19(6-8-21)9-13-25-22(23-3)24-12-4-14-27-17-20-10-15-26-16-11-20/h5-8,18,20H,4,9-17H2,1-3H3,(H2,23,24,25). The number of rotatable bonds is 11. The van der Waals surface area contributed by atoms with Gasteiger partial charge in [0.15, 0.2) is 5.96 Å². The number of aliphatic imine (C=N–C) groups is 1. The van der Waals surface area contributed by atoms with Crippen LogP contribution in [-0.2, 0) is 15.9 Å². The SMILES string of the molecule is CN=C(NCCCOCC1CCOCC1)NCCc1ccc(OC(C)C)cc1. The van der Waals surface area contributed by atoms with Gasteiger partial charge in [0.05, 0.1) is 6.10 Å². The highest BCUT2D eigenvalue weighted by Gasteiger charge is 2.13. The second-order valence-electron chi connectivity index (χ2n) is 7.47. The fraction of sp³-hybridized carbons (Fsp3) is 0.682. The predicted octanol–water partition coefficient (Wildman–Crippen LogP) is 3.01. The molecule has 6 nitrogen and oxygen atoms in total. The molecule has 1 fully saturated rings. The van der Waals surface area contributed by atoms with Gasteiger partial charge < -0.3 is 24.8 Å². The van der Waals surface area contributed by atoms with Crippen LogP contribution in [0.3, 0.4) is 0 Å². The first-order valence-corrected chi connectivity index (χ1v) is 10.5. The molecule has 1 aromatic rings. The van der Waals surface area contributed by atoms with Crippen molar-refractivity contribution in [1.82, 2.24) is 10.6 Å². The Morgan fingerprint density at radius 3 is 2.54 bits per heavy atom. The van der Waals surface area contributed by atoms with Crippen molar-refractivity contribution in [2.75, 3.05) is 46.6 Å². The van der Waals surface area contributed by atoms with Crippen molar-refractivity contribution in [2.24, 2.45) is 10.9 Å². The summed E-state index contributed by atoms with van der Waals surface area (Å²) in [5, 5.41) is 6.70. The quantitative estimate of drug-likeness (QED) is 0.345. The first-order valence-electron chi connectivity index (χ1n) is 10.5. The fourth-order valence-electron chi connectivity index (χ4n) is 3.10. The maximum absolute atomic E-state index is 5.80. The second-order valence-corrected chi connectivity index (χ2v) is 7.47. The highest BCUT2D eigenvalue weighted by molar-refractivity contribution is 5.79. The number of nitrogens with zero attached hydrogens (tertiary/aromatic N) is 1. The first-order chi connectivity index (χ1) is 13.7. The Balaban J connectivity index is 1.52. The Bertz CT molecular complexity index is 555. The molecular weight excluding hydrogens is 354 g/mol. The van der Waals surface area contributed by atoms with Crippen LogP contribution in [0.15, 0.2) is 29.3 Å². The third-order valence-electron chi connectivity index (χ3n) is 4.68. The van der Waals surface area contributed by atoms with Gasteiger partial charge in [0.2, 0.25) is 0 Å². The zero-order chi connectivity index (χ0) is 20.0. The predicted molar refractivity (Wildman–Crippen MR) is 114 cm³/mol. The van der Waals surface area contributed by atoms with E-state index in [0.717, 1.165) is 76.9 Å². The topological polar surface area (TPSA) is 64.1 Å². The van der Waals surface area contributed by atoms with Gasteiger partial charge in [0.1, 0.15) is 5.75 Å². The van der Waals surface area contributed by atoms with E-state index < -0.39 is 0 Å². The number of nitrogens with one attached hydrogen (secondary N) is 2. The van der Waals surface area contributed by atoms with Gasteiger partial charge in [0, 0.05) is 46.6 Å². The number of hydrogen-bond acceptors (Lipinski definition) is 4. The molecule has 2 rings (SSSR count). The van der Waals surface area contributed by atoms with Gasteiger partial charge in [-0.2, -0.15) is 0 Å². The van der Waals surface area contributed by atoms with Gasteiger partial charge in [0.25, 0.3) is 0 Å². The summed E-state index contributed by atoms with van der Waals surface area (Å²) in [6, 6.07) is 8.29. The molecule has 0 bridgehead atoms. The van der Waals surface area contributed by atoms with E-state index in [1.165, 1.54) is 5.56 Å². The van der Waals surface area contributed by atoms with Gasteiger partial charge in [-0.15, -0.1) is 0 Å². The van der Waals surface area contributed by atoms with Gasteiger partial charge in [-0.1, -0.05) is 12.1 Å². The maximum atomic E-state index is 5.80. The molecule has 0 unspecified atom stereocenters. The second kappa shape index (κ2) is 13.4. The van der Waals surface area contributed by atoms with E-state index in [9.17, 15) is 0 Å². The van der Waals surface area contributed by atoms with Gasteiger partial charge in [-0.05, 0) is 63.1 Å². The van der Waals surface area contributed by atoms with Gasteiger partial charge >= 0.3 is 0 Å². The van der Waals surface area contributed by atoms with Crippen LogP contribution in [0.1, 0.15) is 38.7 Å². The molecule has 2 N–H and O–H groups in total. The van der Waals surface area contributed by atoms with E-state index >= 15 is 0 Å². The van der Waals surface area contributed by atoms with Crippen LogP contribution in [0, 0.1) is 5.92 Å². The van der Waals surface area contributed by atoms with Crippen LogP contribution in [0.2, 0.25) is 0 Å². The molecule has 1 aliphatic rings. The van der Waals surface area contributed by atoms with Crippen LogP contribution in [0.5, 0.6) is 5.75 Å². The number of hydrogen-bond donors (Lipinski definition) is 2. The smallest absolute Gasteiger partial charge is 0.190 e. The molecule has 6 heteroatoms. The molecule has 28 heavy (non-hydrogen) atoms. The summed E-state index contributed by atoms with van der Waals surface area (Å²) in [4.78, 5) is 4.28. The summed E-state index contributed by atoms with van der Waals surface area (Å²) in [5.41, 5.74) is 1.28. The van der Waals surface area contributed by atoms with Crippen molar-refractivity contribution >= 4 is 5.96 Å². The lowest BCUT2D eigenvalue weighted by Crippen LogP contribution is -2.39. The molecule has 1 aliphatic heterocycles. The minimum atomic E-state index is 0.203. The maximum Gasteiger partial charge on any atom is 0.190 e. The lowest BCUT2D eigenvalue weighted by Gasteiger charge is -2.21. The fourth-order valence-corrected chi connectivity index (χ4v) is 3.10. The van der Waals surface area contributed by atoms with Crippen molar-refractivity contribution in [3.63, 3.8) is 0 Å². The highest BCUT2D eigenvalue weighted by Crippen LogP contribution is 2.15. The number of ether oxygens (including phenoxy) is 3. The lowest BCUT2D eigenvalue weighted by molar-refractivity contribution is 0.0203. The van der Waals surface area contributed by atoms with E-state index in [-0.39, 0.29) is 6.10 Å². The van der Waals surface area contributed by atoms with Crippen LogP contribution < -0.4 is 15.4 Å². The van der Waals surface area contributed by atoms with Crippen molar-refractivity contribution in [3.05, 3.63) is 29.8 Å². The zero-order valence-corrected chi connectivity index (χ0v) is 17.7. The summed E-state index contributed by atoms with van der Waals surface area (Å²) in [7, 11) is 1.80. The Labute approximate surface area is 170 Å². The molecular formula is C22H37N3O3. The van der Waals surface area contributed by atoms with Crippen LogP contribution in [0.4, 0.5) is 0 Å². The van der Waals surface area contributed by atoms with Crippen molar-refractivity contribution in [3.8, 4) is 5.75 Å². The molecule has 0 amide bonds. The normalized spacial score (nSPS) is 15.6. The van der Waals surface area contributed by atoms with Crippen LogP contribution in [-0.4, -0.2) is 58.6 Å². The summed E-state index contributed by atoms with van der Waals surface area (Å²) >= 11 is 0. The molecule has 1 aromatic carbocycles. The Hall–Kier alpha value is -1.79. The monoisotopic (exact) mass is 391 g/mol. The molecule has 0 aromatic heterocycles. The van der Waals surface area contributed by atoms with E-state index in [2.05, 4.69) is 27.8 Å². The molecule has 0 atom stereocenters. The summed E-state index contributed by atoms with van der Waals surface area (Å²) in [6.45, 7) is 9.17. The lowest BCUT2D eigenvalue weighted by atomic mass is 10.0. The van der Waals surface area contributed by atoms with Gasteiger partial charge in [-0.25, -0.2) is 0 Å². The van der Waals surface area contributed by atoms with Crippen molar-refractivity contribution in [1.29, 1.82) is 0 Å². The molecule has 0 aliphatic carbocycles. The minimum Gasteiger partial charge on any atom is -0.491 e. The Morgan fingerprint density at radius 1 is 1.14 bits per heavy atom. The molecule has 1 heterocycles. The van der Waals surface area contributed by atoms with E-state index in [1.807, 2.05) is 26.0 Å². The van der Waals surface area contributed by atoms with Gasteiger partial charge in [-0.3, -0.25) is 4.99 Å². The van der Waals surface area contributed by atoms with Crippen molar-refractivity contribution in [2.45, 2.75) is 45.6 Å². The molecule has 158 valence electrons. The summed E-state index contributed by atoms with van der Waals surface area (Å²) in [6.07, 6.45) is 4.37. The molecule has 1 saturated heterocycles. The highest BCUT2D eigenvalue weighted by atomic mass is 16.5. The molecule has 0 radical (unpaired) electrons. The molecule has 0 spiro atoms. The van der Waals surface area contributed by atoms with E-state index in [4.69, 9.17) is 14.2 Å². The Morgan fingerprint density at radius 2 is 1.86 bits per heavy atom. The van der Waals surface area contributed by atoms with Crippen molar-refractivity contribution < 1.29 is 14.2 Å².